The van der Waals surface area contributed by atoms with Crippen molar-refractivity contribution in [3.63, 3.8) is 0 Å². The Bertz CT molecular complexity index is 2880. The minimum atomic E-state index is -0.0356. The van der Waals surface area contributed by atoms with Gasteiger partial charge in [-0.2, -0.15) is 0 Å². The van der Waals surface area contributed by atoms with Gasteiger partial charge in [0.2, 0.25) is 0 Å². The maximum atomic E-state index is 2.49. The van der Waals surface area contributed by atoms with Gasteiger partial charge in [-0.1, -0.05) is 125 Å². The van der Waals surface area contributed by atoms with Crippen LogP contribution in [0.15, 0.2) is 140 Å². The van der Waals surface area contributed by atoms with E-state index < -0.39 is 0 Å². The van der Waals surface area contributed by atoms with E-state index in [-0.39, 0.29) is 10.8 Å². The molecule has 0 amide bonds. The predicted molar refractivity (Wildman–Crippen MR) is 207 cm³/mol. The van der Waals surface area contributed by atoms with Crippen LogP contribution < -0.4 is 0 Å². The molecule has 0 unspecified atom stereocenters. The van der Waals surface area contributed by atoms with Crippen LogP contribution in [-0.4, -0.2) is 4.40 Å². The van der Waals surface area contributed by atoms with E-state index in [1.807, 2.05) is 0 Å². The largest absolute Gasteiger partial charge is 0.308 e. The fourth-order valence-corrected chi connectivity index (χ4v) is 9.61. The summed E-state index contributed by atoms with van der Waals surface area (Å²) in [5.74, 6) is 0. The summed E-state index contributed by atoms with van der Waals surface area (Å²) in [7, 11) is 0. The van der Waals surface area contributed by atoms with E-state index in [1.165, 1.54) is 105 Å². The summed E-state index contributed by atoms with van der Waals surface area (Å²) in [6.07, 6.45) is 0. The summed E-state index contributed by atoms with van der Waals surface area (Å²) in [5, 5.41) is 5.25. The van der Waals surface area contributed by atoms with Crippen LogP contribution in [0.1, 0.15) is 49.9 Å². The smallest absolute Gasteiger partial charge is 0.0620 e. The Labute approximate surface area is 286 Å². The van der Waals surface area contributed by atoms with Crippen LogP contribution in [0.2, 0.25) is 0 Å². The Balaban J connectivity index is 1.13. The minimum absolute atomic E-state index is 0.0256. The molecule has 0 saturated carbocycles. The van der Waals surface area contributed by atoms with Crippen LogP contribution in [0.5, 0.6) is 0 Å². The van der Waals surface area contributed by atoms with Gasteiger partial charge in [-0.05, 0) is 109 Å². The molecule has 11 rings (SSSR count). The number of fused-ring (bicyclic) bond motifs is 12. The Morgan fingerprint density at radius 1 is 0.347 bits per heavy atom. The van der Waals surface area contributed by atoms with Crippen molar-refractivity contribution in [2.75, 3.05) is 0 Å². The van der Waals surface area contributed by atoms with Crippen molar-refractivity contribution in [1.29, 1.82) is 0 Å². The van der Waals surface area contributed by atoms with Crippen molar-refractivity contribution in [2.24, 2.45) is 0 Å². The maximum absolute atomic E-state index is 2.49. The standard InChI is InChI=1S/C48H35N/c1-47(2)40-14-8-5-11-32(40)34-20-17-29(26-42(34)47)28-19-22-45-37(23-28)39-25-31(24-38-36-13-7-10-16-44(36)49(45)46(38)39)30-18-21-35-33-12-6-9-15-41(33)48(3,4)43(35)27-30/h5-27H,1-4H3. The van der Waals surface area contributed by atoms with E-state index in [4.69, 9.17) is 0 Å². The molecule has 2 aliphatic rings. The molecule has 0 bridgehead atoms. The molecule has 232 valence electrons. The second-order valence-corrected chi connectivity index (χ2v) is 15.4. The third-order valence-corrected chi connectivity index (χ3v) is 12.1. The van der Waals surface area contributed by atoms with Crippen molar-refractivity contribution in [3.8, 4) is 44.5 Å². The number of benzene rings is 7. The molecule has 1 nitrogen and oxygen atoms in total. The number of para-hydroxylation sites is 1. The summed E-state index contributed by atoms with van der Waals surface area (Å²) in [5.41, 5.74) is 20.0. The van der Waals surface area contributed by atoms with Crippen LogP contribution in [0.3, 0.4) is 0 Å². The highest BCUT2D eigenvalue weighted by atomic mass is 14.9. The van der Waals surface area contributed by atoms with E-state index >= 15 is 0 Å². The monoisotopic (exact) mass is 625 g/mol. The molecule has 0 radical (unpaired) electrons. The van der Waals surface area contributed by atoms with Crippen LogP contribution in [0.25, 0.3) is 82.6 Å². The van der Waals surface area contributed by atoms with Gasteiger partial charge in [0, 0.05) is 32.4 Å². The van der Waals surface area contributed by atoms with Gasteiger partial charge in [-0.15, -0.1) is 0 Å². The molecule has 2 heterocycles. The minimum Gasteiger partial charge on any atom is -0.308 e. The lowest BCUT2D eigenvalue weighted by Crippen LogP contribution is -2.14. The highest BCUT2D eigenvalue weighted by Gasteiger charge is 2.36. The summed E-state index contributed by atoms with van der Waals surface area (Å²) in [6.45, 7) is 9.47. The highest BCUT2D eigenvalue weighted by Crippen LogP contribution is 2.52. The topological polar surface area (TPSA) is 4.41 Å². The fraction of sp³-hybridized carbons (Fsp3) is 0.125. The van der Waals surface area contributed by atoms with Crippen LogP contribution in [0.4, 0.5) is 0 Å². The normalized spacial score (nSPS) is 15.3. The molecule has 2 aromatic heterocycles. The third kappa shape index (κ3) is 3.40. The molecule has 0 atom stereocenters. The van der Waals surface area contributed by atoms with Gasteiger partial charge in [-0.3, -0.25) is 0 Å². The van der Waals surface area contributed by atoms with Crippen LogP contribution in [0, 0.1) is 0 Å². The van der Waals surface area contributed by atoms with Gasteiger partial charge in [0.15, 0.2) is 0 Å². The number of aromatic nitrogens is 1. The third-order valence-electron chi connectivity index (χ3n) is 12.1. The SMILES string of the molecule is CC1(C)c2ccccc2-c2ccc(-c3ccc4c(c3)c3cc(-c5ccc6c(c5)C(C)(C)c5ccccc5-6)cc5c6ccccc6n4c53)cc21. The lowest BCUT2D eigenvalue weighted by Gasteiger charge is -2.22. The molecule has 1 heteroatoms. The van der Waals surface area contributed by atoms with Gasteiger partial charge < -0.3 is 4.40 Å². The molecule has 9 aromatic rings. The highest BCUT2D eigenvalue weighted by molar-refractivity contribution is 6.24. The Hall–Kier alpha value is -5.66. The van der Waals surface area contributed by atoms with Crippen molar-refractivity contribution < 1.29 is 0 Å². The Kier molecular flexibility index (Phi) is 5.05. The lowest BCUT2D eigenvalue weighted by atomic mass is 9.81. The van der Waals surface area contributed by atoms with Crippen LogP contribution >= 0.6 is 0 Å². The average molecular weight is 626 g/mol. The van der Waals surface area contributed by atoms with Crippen molar-refractivity contribution in [2.45, 2.75) is 38.5 Å². The first-order chi connectivity index (χ1) is 23.8. The molecule has 2 aliphatic carbocycles. The Morgan fingerprint density at radius 2 is 0.796 bits per heavy atom. The zero-order valence-corrected chi connectivity index (χ0v) is 28.2. The van der Waals surface area contributed by atoms with Gasteiger partial charge in [0.05, 0.1) is 16.6 Å². The van der Waals surface area contributed by atoms with Gasteiger partial charge in [0.25, 0.3) is 0 Å². The summed E-state index contributed by atoms with van der Waals surface area (Å²) in [6, 6.07) is 53.0. The second-order valence-electron chi connectivity index (χ2n) is 15.4. The first kappa shape index (κ1) is 27.3. The quantitative estimate of drug-likeness (QED) is 0.180. The van der Waals surface area contributed by atoms with Gasteiger partial charge in [0.1, 0.15) is 0 Å². The van der Waals surface area contributed by atoms with Gasteiger partial charge in [-0.25, -0.2) is 0 Å². The lowest BCUT2D eigenvalue weighted by molar-refractivity contribution is 0.660. The van der Waals surface area contributed by atoms with Crippen molar-refractivity contribution in [1.82, 2.24) is 4.40 Å². The molecule has 0 saturated heterocycles. The molecule has 0 aliphatic heterocycles. The first-order valence-corrected chi connectivity index (χ1v) is 17.5. The summed E-state index contributed by atoms with van der Waals surface area (Å²) < 4.78 is 2.49. The molecular formula is C48H35N. The second kappa shape index (κ2) is 9.07. The van der Waals surface area contributed by atoms with E-state index in [0.717, 1.165) is 0 Å². The molecule has 0 spiro atoms. The summed E-state index contributed by atoms with van der Waals surface area (Å²) in [4.78, 5) is 0. The van der Waals surface area contributed by atoms with E-state index in [9.17, 15) is 0 Å². The van der Waals surface area contributed by atoms with Crippen molar-refractivity contribution in [3.05, 3.63) is 162 Å². The zero-order valence-electron chi connectivity index (χ0n) is 28.2. The predicted octanol–water partition coefficient (Wildman–Crippen LogP) is 12.8. The van der Waals surface area contributed by atoms with Crippen molar-refractivity contribution >= 4 is 38.1 Å². The van der Waals surface area contributed by atoms with Crippen LogP contribution in [-0.2, 0) is 10.8 Å². The average Bonchev–Trinajstić information content (AvgIpc) is 3.79. The maximum Gasteiger partial charge on any atom is 0.0620 e. The molecular weight excluding hydrogens is 591 g/mol. The molecule has 0 fully saturated rings. The molecule has 49 heavy (non-hydrogen) atoms. The van der Waals surface area contributed by atoms with E-state index in [0.29, 0.717) is 0 Å². The zero-order chi connectivity index (χ0) is 32.8. The first-order valence-electron chi connectivity index (χ1n) is 17.5. The number of hydrogen-bond donors (Lipinski definition) is 0. The number of nitrogens with zero attached hydrogens (tertiary/aromatic N) is 1. The van der Waals surface area contributed by atoms with E-state index in [1.54, 1.807) is 0 Å². The van der Waals surface area contributed by atoms with Gasteiger partial charge >= 0.3 is 0 Å². The fourth-order valence-electron chi connectivity index (χ4n) is 9.61. The summed E-state index contributed by atoms with van der Waals surface area (Å²) >= 11 is 0. The Morgan fingerprint density at radius 3 is 1.45 bits per heavy atom. The van der Waals surface area contributed by atoms with E-state index in [2.05, 4.69) is 172 Å². The molecule has 0 N–H and O–H groups in total. The number of hydrogen-bond acceptors (Lipinski definition) is 0. The number of rotatable bonds is 2. The molecule has 7 aromatic carbocycles.